The third kappa shape index (κ3) is 48.8. The number of Topliss-reactive ketones (excluding diaryl/α,β-unsaturated/α-hetero) is 1. The van der Waals surface area contributed by atoms with E-state index in [-0.39, 0.29) is 112 Å². The van der Waals surface area contributed by atoms with E-state index < -0.39 is 51.6 Å². The quantitative estimate of drug-likeness (QED) is 0.0153. The third-order valence-corrected chi connectivity index (χ3v) is 20.0. The standard InChI is InChI=1S/C22H29FN2OS.C16H23NOS.C12H14O.C10H15FNSi.C4H11NOS.4C3H8O.BrH.Mg.Ti/c1-27(2,3)21(26)25-22(14-13-16-9-10-16,17-7-5-4-6-8-17)18-11-12-19(23)20(24)15-18;1-16(2,3)19(18)17-15(12-11-13-9-10-13)14-7-5-4-6-8-14;13-12(9-8-10-6-7-10)11-4-2-1-3-5-11;1-12(13(2,3)4)10-8-6-5-7-9(10)11;1-4(2,3)7(5)6;4*1-3(2)4;;;/h4-8,11-12,15-16H,9-10,13-14,24H2,1-3H3,(H,25,26);4-8,13H,9-12H2,1-3H3;1-5,10H,6-9H2;5,7-8H,1-4H3;5H2,1-3H3;4*3-4H,1-2H3;1H;;/q;;;-1;;;;;;;+2;/p-1/t;;;;7-;;;;;;;/m....0......./s1. The molecule has 0 heterocycles. The van der Waals surface area contributed by atoms with Crippen LogP contribution in [0.5, 0.6) is 0 Å². The maximum Gasteiger partial charge on any atom is 2.00 e. The average molecular weight is 1550 g/mol. The minimum atomic E-state index is -1.46. The first kappa shape index (κ1) is 101. The summed E-state index contributed by atoms with van der Waals surface area (Å²) in [5, 5.41) is 40.7. The van der Waals surface area contributed by atoms with Crippen LogP contribution in [0.3, 0.4) is 0 Å². The molecule has 3 saturated carbocycles. The van der Waals surface area contributed by atoms with E-state index in [2.05, 4.69) is 47.6 Å². The van der Waals surface area contributed by atoms with Crippen LogP contribution in [0.25, 0.3) is 0 Å². The van der Waals surface area contributed by atoms with E-state index in [1.807, 2.05) is 151 Å². The fraction of sp³-hybridized carbons (Fsp3) is 0.566. The Morgan fingerprint density at radius 3 is 1.39 bits per heavy atom. The largest absolute Gasteiger partial charge is 2.00 e. The predicted molar refractivity (Wildman–Crippen MR) is 414 cm³/mol. The number of anilines is 2. The number of nitrogens with two attached hydrogens (primary N) is 2. The van der Waals surface area contributed by atoms with E-state index in [0.29, 0.717) is 17.4 Å². The number of nitrogens with one attached hydrogen (secondary N) is 1. The van der Waals surface area contributed by atoms with Crippen molar-refractivity contribution in [1.82, 2.24) is 5.32 Å². The summed E-state index contributed by atoms with van der Waals surface area (Å²) in [7, 11) is -3.32. The number of aliphatic hydroxyl groups is 4. The molecule has 0 saturated heterocycles. The average Bonchev–Trinajstić information content (AvgIpc) is 1.36. The molecular weight excluding hydrogens is 1430 g/mol. The molecule has 550 valence electrons. The van der Waals surface area contributed by atoms with Gasteiger partial charge in [0.1, 0.15) is 25.0 Å². The monoisotopic (exact) mass is 1550 g/mol. The van der Waals surface area contributed by atoms with Gasteiger partial charge >= 0.3 is 23.1 Å². The summed E-state index contributed by atoms with van der Waals surface area (Å²) in [6.07, 6.45) is 18.9. The Balaban J connectivity index is -0.000000551. The number of hydrogen-bond acceptors (Lipinski definition) is 10. The first-order valence-electron chi connectivity index (χ1n) is 33.4. The van der Waals surface area contributed by atoms with Crippen molar-refractivity contribution in [3.63, 3.8) is 0 Å². The SMILES string of the molecule is CC(C)(C)S(=O)N=C(CCC1CC1)c1ccccc1.CC(C)(C)[S@@](N)=O.CC(C)O.CC(C)O.CC(C)O.CC(C)O.CN(c1c[c-]ccc1F)[Si](C)(C)C.CS(C)(C)C(=O)NC(CCC1CC1)(c1ccccc1)c1ccc(F)c(N)c1.O=C(CCC1CC1)c1ccccc1.[Br-].[Mg+2].[Ti]. The summed E-state index contributed by atoms with van der Waals surface area (Å²) in [5.74, 6) is 2.14. The molecule has 3 fully saturated rings. The summed E-state index contributed by atoms with van der Waals surface area (Å²) in [6.45, 7) is 31.7. The third-order valence-electron chi connectivity index (χ3n) is 13.9. The van der Waals surface area contributed by atoms with Crippen molar-refractivity contribution in [3.05, 3.63) is 167 Å². The second-order valence-electron chi connectivity index (χ2n) is 29.2. The first-order valence-corrected chi connectivity index (χ1v) is 42.0. The second kappa shape index (κ2) is 51.2. The normalized spacial score (nSPS) is 14.6. The molecule has 3 atom stereocenters. The number of amides is 1. The molecule has 3 aliphatic rings. The van der Waals surface area contributed by atoms with Gasteiger partial charge in [-0.15, -0.1) is 6.07 Å². The van der Waals surface area contributed by atoms with Gasteiger partial charge in [0.05, 0.1) is 37.4 Å². The number of rotatable bonds is 17. The molecule has 0 aliphatic heterocycles. The topological polar surface area (TPSA) is 229 Å². The number of carbonyl (C=O) groups excluding carboxylic acids is 2. The predicted octanol–water partition coefficient (Wildman–Crippen LogP) is 13.9. The Hall–Kier alpha value is -3.00. The molecule has 2 unspecified atom stereocenters. The minimum Gasteiger partial charge on any atom is -1.00 e. The van der Waals surface area contributed by atoms with Crippen LogP contribution in [0, 0.1) is 35.5 Å². The van der Waals surface area contributed by atoms with Crippen molar-refractivity contribution < 1.29 is 85.9 Å². The van der Waals surface area contributed by atoms with E-state index in [1.54, 1.807) is 79.7 Å². The van der Waals surface area contributed by atoms with Gasteiger partial charge in [0.15, 0.2) is 5.78 Å². The number of hydrogen-bond donors (Lipinski definition) is 7. The zero-order chi connectivity index (χ0) is 73.1. The number of nitrogen functional groups attached to an aromatic ring is 1. The van der Waals surface area contributed by atoms with E-state index in [4.69, 9.17) is 31.3 Å². The molecule has 1 amide bonds. The maximum absolute atomic E-state index is 13.9. The Bertz CT molecular complexity index is 2990. The molecule has 22 heteroatoms. The summed E-state index contributed by atoms with van der Waals surface area (Å²) in [4.78, 5) is 24.6. The van der Waals surface area contributed by atoms with Crippen LogP contribution in [-0.4, -0.2) is 137 Å². The minimum absolute atomic E-state index is 0. The molecule has 9 N–H and O–H groups in total. The molecule has 0 aromatic heterocycles. The second-order valence-corrected chi connectivity index (χ2v) is 41.9. The number of benzene rings is 5. The van der Waals surface area contributed by atoms with Crippen LogP contribution < -0.4 is 37.7 Å². The summed E-state index contributed by atoms with van der Waals surface area (Å²) >= 11 is 0. The van der Waals surface area contributed by atoms with Crippen LogP contribution >= 0.6 is 10.0 Å². The van der Waals surface area contributed by atoms with Gasteiger partial charge in [-0.2, -0.15) is 32.6 Å². The number of ketones is 1. The Labute approximate surface area is 641 Å². The van der Waals surface area contributed by atoms with Crippen LogP contribution in [-0.2, 0) is 49.2 Å². The van der Waals surface area contributed by atoms with Gasteiger partial charge in [-0.3, -0.25) is 14.7 Å². The molecule has 3 aliphatic carbocycles. The van der Waals surface area contributed by atoms with Gasteiger partial charge in [0, 0.05) is 63.9 Å². The van der Waals surface area contributed by atoms with Gasteiger partial charge in [0.25, 0.3) is 5.24 Å². The summed E-state index contributed by atoms with van der Waals surface area (Å²) < 4.78 is 55.8. The van der Waals surface area contributed by atoms with Crippen molar-refractivity contribution in [2.24, 2.45) is 27.3 Å². The first-order chi connectivity index (χ1) is 43.8. The maximum atomic E-state index is 13.9. The van der Waals surface area contributed by atoms with Gasteiger partial charge < -0.3 is 53.0 Å². The summed E-state index contributed by atoms with van der Waals surface area (Å²) in [6, 6.07) is 42.2. The molecule has 5 aromatic rings. The molecule has 0 radical (unpaired) electrons. The van der Waals surface area contributed by atoms with Crippen LogP contribution in [0.2, 0.25) is 19.6 Å². The Kier molecular flexibility index (Phi) is 53.0. The van der Waals surface area contributed by atoms with Crippen molar-refractivity contribution in [1.29, 1.82) is 0 Å². The molecule has 98 heavy (non-hydrogen) atoms. The van der Waals surface area contributed by atoms with Gasteiger partial charge in [0.2, 0.25) is 0 Å². The number of aliphatic hydroxyl groups excluding tert-OH is 4. The molecule has 5 aromatic carbocycles. The number of halogens is 3. The molecule has 8 rings (SSSR count). The van der Waals surface area contributed by atoms with Crippen molar-refractivity contribution in [2.45, 2.75) is 233 Å². The number of carbonyl (C=O) groups is 2. The Morgan fingerprint density at radius 2 is 1.03 bits per heavy atom. The van der Waals surface area contributed by atoms with Gasteiger partial charge in [-0.05, 0) is 207 Å². The van der Waals surface area contributed by atoms with Gasteiger partial charge in [-0.25, -0.2) is 17.2 Å². The van der Waals surface area contributed by atoms with E-state index in [0.717, 1.165) is 71.9 Å². The van der Waals surface area contributed by atoms with E-state index in [9.17, 15) is 26.8 Å². The zero-order valence-corrected chi connectivity index (χ0v) is 71.2. The van der Waals surface area contributed by atoms with Crippen molar-refractivity contribution in [2.75, 3.05) is 36.1 Å². The van der Waals surface area contributed by atoms with Crippen LogP contribution in [0.15, 0.2) is 132 Å². The number of nitrogens with zero attached hydrogens (tertiary/aromatic N) is 2. The molecule has 13 nitrogen and oxygen atoms in total. The van der Waals surface area contributed by atoms with E-state index >= 15 is 0 Å². The van der Waals surface area contributed by atoms with E-state index in [1.165, 1.54) is 57.1 Å². The van der Waals surface area contributed by atoms with Crippen LogP contribution in [0.1, 0.15) is 201 Å². The van der Waals surface area contributed by atoms with Crippen molar-refractivity contribution >= 4 is 91.4 Å². The smallest absolute Gasteiger partial charge is 1.00 e. The molecular formula is C76H124BrF2MgN5O8S3SiTi. The molecule has 0 spiro atoms. The van der Waals surface area contributed by atoms with Gasteiger partial charge in [-0.1, -0.05) is 155 Å². The molecule has 0 bridgehead atoms. The fourth-order valence-corrected chi connectivity index (χ4v) is 9.78. The summed E-state index contributed by atoms with van der Waals surface area (Å²) in [5.41, 5.74) is 10.8. The van der Waals surface area contributed by atoms with Crippen molar-refractivity contribution in [3.8, 4) is 0 Å². The van der Waals surface area contributed by atoms with Crippen LogP contribution in [0.4, 0.5) is 25.0 Å². The fourth-order valence-electron chi connectivity index (χ4n) is 7.74. The zero-order valence-electron chi connectivity index (χ0n) is 63.2. The Morgan fingerprint density at radius 1 is 0.643 bits per heavy atom.